The average molecular weight is 266 g/mol. The van der Waals surface area contributed by atoms with E-state index < -0.39 is 11.4 Å². The molecule has 1 unspecified atom stereocenters. The van der Waals surface area contributed by atoms with E-state index in [1.165, 1.54) is 11.8 Å². The van der Waals surface area contributed by atoms with Crippen LogP contribution in [0.15, 0.2) is 42.5 Å². The lowest BCUT2D eigenvalue weighted by atomic mass is 9.68. The monoisotopic (exact) mass is 266 g/mol. The molecule has 1 N–H and O–H groups in total. The molecule has 2 aliphatic rings. The van der Waals surface area contributed by atoms with Crippen molar-refractivity contribution in [1.82, 2.24) is 0 Å². The molecule has 0 spiro atoms. The fourth-order valence-corrected chi connectivity index (χ4v) is 4.54. The SMILES string of the molecule is O=C(O)C1(c2ccc3ccccc3c2)C[C@H]2CC[C@H]1C2. The van der Waals surface area contributed by atoms with E-state index in [0.717, 1.165) is 30.2 Å². The highest BCUT2D eigenvalue weighted by Gasteiger charge is 2.56. The van der Waals surface area contributed by atoms with Gasteiger partial charge in [0.2, 0.25) is 0 Å². The Hall–Kier alpha value is -1.83. The third kappa shape index (κ3) is 1.48. The predicted molar refractivity (Wildman–Crippen MR) is 78.7 cm³/mol. The molecule has 0 saturated heterocycles. The first kappa shape index (κ1) is 12.0. The Kier molecular flexibility index (Phi) is 2.44. The third-order valence-electron chi connectivity index (χ3n) is 5.50. The van der Waals surface area contributed by atoms with Gasteiger partial charge >= 0.3 is 5.97 Å². The van der Waals surface area contributed by atoms with E-state index in [1.807, 2.05) is 18.2 Å². The van der Waals surface area contributed by atoms with Crippen molar-refractivity contribution < 1.29 is 9.90 Å². The third-order valence-corrected chi connectivity index (χ3v) is 5.50. The summed E-state index contributed by atoms with van der Waals surface area (Å²) >= 11 is 0. The summed E-state index contributed by atoms with van der Waals surface area (Å²) in [5.74, 6) is 0.314. The number of fused-ring (bicyclic) bond motifs is 3. The van der Waals surface area contributed by atoms with E-state index in [-0.39, 0.29) is 0 Å². The molecule has 0 aromatic heterocycles. The second-order valence-corrected chi connectivity index (χ2v) is 6.42. The first-order chi connectivity index (χ1) is 9.70. The highest BCUT2D eigenvalue weighted by molar-refractivity contribution is 5.88. The molecular formula is C18H18O2. The fourth-order valence-electron chi connectivity index (χ4n) is 4.54. The molecule has 2 aromatic carbocycles. The summed E-state index contributed by atoms with van der Waals surface area (Å²) in [4.78, 5) is 12.0. The molecule has 2 aliphatic carbocycles. The topological polar surface area (TPSA) is 37.3 Å². The minimum Gasteiger partial charge on any atom is -0.481 e. The van der Waals surface area contributed by atoms with Crippen LogP contribution in [-0.4, -0.2) is 11.1 Å². The Morgan fingerprint density at radius 1 is 1.10 bits per heavy atom. The van der Waals surface area contributed by atoms with Crippen molar-refractivity contribution in [1.29, 1.82) is 0 Å². The summed E-state index contributed by atoms with van der Waals surface area (Å²) < 4.78 is 0. The van der Waals surface area contributed by atoms with E-state index in [1.54, 1.807) is 0 Å². The zero-order chi connectivity index (χ0) is 13.7. The summed E-state index contributed by atoms with van der Waals surface area (Å²) in [7, 11) is 0. The van der Waals surface area contributed by atoms with Crippen LogP contribution in [0.1, 0.15) is 31.2 Å². The first-order valence-electron chi connectivity index (χ1n) is 7.43. The Labute approximate surface area is 118 Å². The minimum absolute atomic E-state index is 0.325. The van der Waals surface area contributed by atoms with Gasteiger partial charge in [0.05, 0.1) is 5.41 Å². The Balaban J connectivity index is 1.89. The molecule has 102 valence electrons. The Bertz CT molecular complexity index is 691. The molecule has 0 heterocycles. The van der Waals surface area contributed by atoms with E-state index >= 15 is 0 Å². The summed E-state index contributed by atoms with van der Waals surface area (Å²) in [6, 6.07) is 14.4. The Morgan fingerprint density at radius 3 is 2.55 bits per heavy atom. The smallest absolute Gasteiger partial charge is 0.314 e. The van der Waals surface area contributed by atoms with Crippen molar-refractivity contribution >= 4 is 16.7 Å². The molecule has 2 aromatic rings. The molecule has 0 amide bonds. The molecule has 0 aliphatic heterocycles. The predicted octanol–water partition coefficient (Wildman–Crippen LogP) is 3.98. The van der Waals surface area contributed by atoms with Crippen molar-refractivity contribution in [2.24, 2.45) is 11.8 Å². The van der Waals surface area contributed by atoms with Crippen LogP contribution in [-0.2, 0) is 10.2 Å². The van der Waals surface area contributed by atoms with E-state index in [0.29, 0.717) is 11.8 Å². The molecule has 2 bridgehead atoms. The number of aliphatic carboxylic acids is 1. The zero-order valence-corrected chi connectivity index (χ0v) is 11.4. The second kappa shape index (κ2) is 4.08. The van der Waals surface area contributed by atoms with Crippen molar-refractivity contribution in [3.63, 3.8) is 0 Å². The van der Waals surface area contributed by atoms with Crippen molar-refractivity contribution in [2.75, 3.05) is 0 Å². The average Bonchev–Trinajstić information content (AvgIpc) is 3.08. The molecule has 2 fully saturated rings. The van der Waals surface area contributed by atoms with Crippen LogP contribution >= 0.6 is 0 Å². The largest absolute Gasteiger partial charge is 0.481 e. The number of carbonyl (C=O) groups is 1. The lowest BCUT2D eigenvalue weighted by molar-refractivity contribution is -0.146. The molecule has 2 nitrogen and oxygen atoms in total. The van der Waals surface area contributed by atoms with Crippen LogP contribution in [0.25, 0.3) is 10.8 Å². The second-order valence-electron chi connectivity index (χ2n) is 6.42. The minimum atomic E-state index is -0.632. The van der Waals surface area contributed by atoms with Gasteiger partial charge in [0, 0.05) is 0 Å². The summed E-state index contributed by atoms with van der Waals surface area (Å²) in [5, 5.41) is 12.2. The van der Waals surface area contributed by atoms with Gasteiger partial charge in [0.15, 0.2) is 0 Å². The lowest BCUT2D eigenvalue weighted by Gasteiger charge is -2.34. The molecule has 3 atom stereocenters. The van der Waals surface area contributed by atoms with Crippen LogP contribution in [0.4, 0.5) is 0 Å². The molecule has 0 radical (unpaired) electrons. The van der Waals surface area contributed by atoms with Crippen LogP contribution < -0.4 is 0 Å². The molecule has 4 rings (SSSR count). The van der Waals surface area contributed by atoms with E-state index in [4.69, 9.17) is 0 Å². The number of rotatable bonds is 2. The van der Waals surface area contributed by atoms with Gasteiger partial charge in [-0.1, -0.05) is 42.8 Å². The number of carboxylic acids is 1. The molecule has 20 heavy (non-hydrogen) atoms. The van der Waals surface area contributed by atoms with Gasteiger partial charge in [-0.05, 0) is 53.5 Å². The molecular weight excluding hydrogens is 248 g/mol. The number of hydrogen-bond donors (Lipinski definition) is 1. The maximum absolute atomic E-state index is 12.0. The van der Waals surface area contributed by atoms with E-state index in [2.05, 4.69) is 24.3 Å². The van der Waals surface area contributed by atoms with Crippen molar-refractivity contribution in [2.45, 2.75) is 31.1 Å². The van der Waals surface area contributed by atoms with Crippen LogP contribution in [0.2, 0.25) is 0 Å². The lowest BCUT2D eigenvalue weighted by Crippen LogP contribution is -2.40. The summed E-state index contributed by atoms with van der Waals surface area (Å²) in [5.41, 5.74) is 0.378. The number of carboxylic acid groups (broad SMARTS) is 1. The van der Waals surface area contributed by atoms with Crippen molar-refractivity contribution in [3.05, 3.63) is 48.0 Å². The summed E-state index contributed by atoms with van der Waals surface area (Å²) in [6.45, 7) is 0. The van der Waals surface area contributed by atoms with Gasteiger partial charge in [-0.15, -0.1) is 0 Å². The Morgan fingerprint density at radius 2 is 1.90 bits per heavy atom. The highest BCUT2D eigenvalue weighted by Crippen LogP contribution is 2.57. The van der Waals surface area contributed by atoms with Gasteiger partial charge < -0.3 is 5.11 Å². The number of benzene rings is 2. The standard InChI is InChI=1S/C18H18O2/c19-17(20)18(11-12-5-7-15(18)9-12)16-8-6-13-3-1-2-4-14(13)10-16/h1-4,6,8,10,12,15H,5,7,9,11H2,(H,19,20)/t12-,15-,18?/m0/s1. The quantitative estimate of drug-likeness (QED) is 0.892. The summed E-state index contributed by atoms with van der Waals surface area (Å²) in [6.07, 6.45) is 4.21. The maximum Gasteiger partial charge on any atom is 0.314 e. The fraction of sp³-hybridized carbons (Fsp3) is 0.389. The maximum atomic E-state index is 12.0. The van der Waals surface area contributed by atoms with Gasteiger partial charge in [-0.25, -0.2) is 0 Å². The normalized spacial score (nSPS) is 31.8. The van der Waals surface area contributed by atoms with Gasteiger partial charge in [-0.3, -0.25) is 4.79 Å². The van der Waals surface area contributed by atoms with Crippen LogP contribution in [0, 0.1) is 11.8 Å². The zero-order valence-electron chi connectivity index (χ0n) is 11.4. The van der Waals surface area contributed by atoms with Crippen molar-refractivity contribution in [3.8, 4) is 0 Å². The molecule has 2 heteroatoms. The van der Waals surface area contributed by atoms with Crippen LogP contribution in [0.5, 0.6) is 0 Å². The van der Waals surface area contributed by atoms with E-state index in [9.17, 15) is 9.90 Å². The first-order valence-corrected chi connectivity index (χ1v) is 7.43. The van der Waals surface area contributed by atoms with Crippen LogP contribution in [0.3, 0.4) is 0 Å². The van der Waals surface area contributed by atoms with Gasteiger partial charge in [-0.2, -0.15) is 0 Å². The van der Waals surface area contributed by atoms with Gasteiger partial charge in [0.25, 0.3) is 0 Å². The molecule has 2 saturated carbocycles. The number of hydrogen-bond acceptors (Lipinski definition) is 1. The highest BCUT2D eigenvalue weighted by atomic mass is 16.4. The van der Waals surface area contributed by atoms with Gasteiger partial charge in [0.1, 0.15) is 0 Å².